The minimum Gasteiger partial charge on any atom is -0.258 e. The monoisotopic (exact) mass is 269 g/mol. The Balaban J connectivity index is 3.55. The van der Waals surface area contributed by atoms with Crippen LogP contribution in [0.3, 0.4) is 0 Å². The molecule has 1 aromatic rings. The fourth-order valence-electron chi connectivity index (χ4n) is 1.06. The number of hydrogen-bond acceptors (Lipinski definition) is 4. The van der Waals surface area contributed by atoms with E-state index in [0.717, 1.165) is 12.1 Å². The third kappa shape index (κ3) is 2.39. The van der Waals surface area contributed by atoms with Crippen LogP contribution in [-0.2, 0) is 9.05 Å². The predicted molar refractivity (Wildman–Crippen MR) is 55.9 cm³/mol. The Hall–Kier alpha value is -0.850. The van der Waals surface area contributed by atoms with Gasteiger partial charge < -0.3 is 0 Å². The molecule has 0 N–H and O–H groups in total. The summed E-state index contributed by atoms with van der Waals surface area (Å²) in [6.07, 6.45) is 0. The molecule has 0 aromatic heterocycles. The second-order valence-corrected chi connectivity index (χ2v) is 5.63. The fourth-order valence-corrected chi connectivity index (χ4v) is 2.55. The van der Waals surface area contributed by atoms with E-state index in [1.807, 2.05) is 0 Å². The van der Waals surface area contributed by atoms with E-state index in [1.165, 1.54) is 6.92 Å². The van der Waals surface area contributed by atoms with Gasteiger partial charge in [0.25, 0.3) is 14.7 Å². The van der Waals surface area contributed by atoms with Crippen molar-refractivity contribution in [2.24, 2.45) is 0 Å². The summed E-state index contributed by atoms with van der Waals surface area (Å²) in [5, 5.41) is 10.3. The zero-order chi connectivity index (χ0) is 11.8. The number of benzene rings is 1. The first-order valence-electron chi connectivity index (χ1n) is 3.63. The van der Waals surface area contributed by atoms with Crippen LogP contribution in [0.5, 0.6) is 0 Å². The van der Waals surface area contributed by atoms with E-state index < -0.39 is 14.0 Å². The first-order valence-corrected chi connectivity index (χ1v) is 6.32. The summed E-state index contributed by atoms with van der Waals surface area (Å²) in [5.41, 5.74) is -0.279. The smallest absolute Gasteiger partial charge is 0.258 e. The van der Waals surface area contributed by atoms with Crippen molar-refractivity contribution in [3.63, 3.8) is 0 Å². The Bertz CT molecular complexity index is 526. The van der Waals surface area contributed by atoms with Crippen molar-refractivity contribution in [2.75, 3.05) is 0 Å². The maximum absolute atomic E-state index is 11.0. The van der Waals surface area contributed by atoms with E-state index in [0.29, 0.717) is 0 Å². The lowest BCUT2D eigenvalue weighted by molar-refractivity contribution is -0.384. The molecular formula is C7H5Cl2NO4S. The van der Waals surface area contributed by atoms with Crippen molar-refractivity contribution >= 4 is 37.0 Å². The first kappa shape index (κ1) is 12.2. The Labute approximate surface area is 95.2 Å². The highest BCUT2D eigenvalue weighted by Gasteiger charge is 2.22. The van der Waals surface area contributed by atoms with Crippen molar-refractivity contribution in [3.8, 4) is 0 Å². The third-order valence-corrected chi connectivity index (χ3v) is 3.72. The quantitative estimate of drug-likeness (QED) is 0.470. The highest BCUT2D eigenvalue weighted by atomic mass is 35.7. The van der Waals surface area contributed by atoms with Crippen molar-refractivity contribution < 1.29 is 13.3 Å². The fraction of sp³-hybridized carbons (Fsp3) is 0.143. The maximum atomic E-state index is 11.0. The Morgan fingerprint density at radius 2 is 1.93 bits per heavy atom. The number of nitrogens with zero attached hydrogens (tertiary/aromatic N) is 1. The van der Waals surface area contributed by atoms with Gasteiger partial charge in [-0.25, -0.2) is 8.42 Å². The average molecular weight is 270 g/mol. The number of halogens is 2. The summed E-state index contributed by atoms with van der Waals surface area (Å²) >= 11 is 5.63. The SMILES string of the molecule is Cc1c(S(=O)(=O)Cl)ccc([N+](=O)[O-])c1Cl. The normalized spacial score (nSPS) is 11.4. The summed E-state index contributed by atoms with van der Waals surface area (Å²) in [7, 11) is 1.18. The van der Waals surface area contributed by atoms with Crippen LogP contribution >= 0.6 is 22.3 Å². The van der Waals surface area contributed by atoms with E-state index in [9.17, 15) is 18.5 Å². The molecule has 0 saturated heterocycles. The molecule has 0 aliphatic rings. The van der Waals surface area contributed by atoms with E-state index in [2.05, 4.69) is 0 Å². The van der Waals surface area contributed by atoms with Crippen LogP contribution in [0.15, 0.2) is 17.0 Å². The van der Waals surface area contributed by atoms with Gasteiger partial charge >= 0.3 is 0 Å². The molecule has 15 heavy (non-hydrogen) atoms. The van der Waals surface area contributed by atoms with Crippen LogP contribution in [0.25, 0.3) is 0 Å². The molecule has 0 aliphatic heterocycles. The molecular weight excluding hydrogens is 265 g/mol. The molecule has 0 bridgehead atoms. The summed E-state index contributed by atoms with van der Waals surface area (Å²) in [4.78, 5) is 9.56. The predicted octanol–water partition coefficient (Wildman–Crippen LogP) is 2.48. The molecule has 8 heteroatoms. The van der Waals surface area contributed by atoms with Crippen LogP contribution in [-0.4, -0.2) is 13.3 Å². The molecule has 1 rings (SSSR count). The third-order valence-electron chi connectivity index (χ3n) is 1.78. The Morgan fingerprint density at radius 3 is 2.33 bits per heavy atom. The number of nitro groups is 1. The average Bonchev–Trinajstić information content (AvgIpc) is 2.06. The molecule has 0 radical (unpaired) electrons. The van der Waals surface area contributed by atoms with E-state index >= 15 is 0 Å². The Kier molecular flexibility index (Phi) is 3.22. The number of nitro benzene ring substituents is 1. The molecule has 0 fully saturated rings. The van der Waals surface area contributed by atoms with Gasteiger partial charge in [-0.15, -0.1) is 0 Å². The minimum atomic E-state index is -3.93. The van der Waals surface area contributed by atoms with Gasteiger partial charge in [-0.05, 0) is 18.6 Å². The number of rotatable bonds is 2. The zero-order valence-corrected chi connectivity index (χ0v) is 9.73. The first-order chi connectivity index (χ1) is 6.75. The molecule has 0 amide bonds. The molecule has 0 saturated carbocycles. The summed E-state index contributed by atoms with van der Waals surface area (Å²) in [6, 6.07) is 2.06. The molecule has 1 aromatic carbocycles. The highest BCUT2D eigenvalue weighted by Crippen LogP contribution is 2.33. The summed E-state index contributed by atoms with van der Waals surface area (Å²) < 4.78 is 22.0. The lowest BCUT2D eigenvalue weighted by atomic mass is 10.2. The van der Waals surface area contributed by atoms with Gasteiger partial charge in [0.1, 0.15) is 5.02 Å². The van der Waals surface area contributed by atoms with E-state index in [1.54, 1.807) is 0 Å². The molecule has 0 atom stereocenters. The van der Waals surface area contributed by atoms with Crippen LogP contribution in [0.1, 0.15) is 5.56 Å². The summed E-state index contributed by atoms with van der Waals surface area (Å²) in [6.45, 7) is 1.35. The van der Waals surface area contributed by atoms with E-state index in [4.69, 9.17) is 22.3 Å². The lowest BCUT2D eigenvalue weighted by Crippen LogP contribution is -1.98. The zero-order valence-electron chi connectivity index (χ0n) is 7.40. The molecule has 0 aliphatic carbocycles. The maximum Gasteiger partial charge on any atom is 0.288 e. The highest BCUT2D eigenvalue weighted by molar-refractivity contribution is 8.13. The van der Waals surface area contributed by atoms with Crippen LogP contribution < -0.4 is 0 Å². The van der Waals surface area contributed by atoms with Gasteiger partial charge in [0.15, 0.2) is 0 Å². The molecule has 0 unspecified atom stereocenters. The second-order valence-electron chi connectivity index (χ2n) is 2.72. The lowest BCUT2D eigenvalue weighted by Gasteiger charge is -2.03. The van der Waals surface area contributed by atoms with Gasteiger partial charge in [0, 0.05) is 16.7 Å². The van der Waals surface area contributed by atoms with Gasteiger partial charge in [-0.1, -0.05) is 11.6 Å². The van der Waals surface area contributed by atoms with Crippen molar-refractivity contribution in [1.82, 2.24) is 0 Å². The van der Waals surface area contributed by atoms with Gasteiger partial charge in [0.05, 0.1) is 9.82 Å². The topological polar surface area (TPSA) is 77.3 Å². The van der Waals surface area contributed by atoms with Crippen molar-refractivity contribution in [2.45, 2.75) is 11.8 Å². The van der Waals surface area contributed by atoms with Crippen LogP contribution in [0.2, 0.25) is 5.02 Å². The van der Waals surface area contributed by atoms with Crippen molar-refractivity contribution in [1.29, 1.82) is 0 Å². The molecule has 0 heterocycles. The molecule has 0 spiro atoms. The largest absolute Gasteiger partial charge is 0.288 e. The second kappa shape index (κ2) is 3.96. The number of hydrogen-bond donors (Lipinski definition) is 0. The Morgan fingerprint density at radius 1 is 1.40 bits per heavy atom. The minimum absolute atomic E-state index is 0.0702. The standard InChI is InChI=1S/C7H5Cl2NO4S/c1-4-6(15(9,13)14)3-2-5(7(4)8)10(11)12/h2-3H,1H3. The van der Waals surface area contributed by atoms with Crippen LogP contribution in [0, 0.1) is 17.0 Å². The van der Waals surface area contributed by atoms with E-state index in [-0.39, 0.29) is 21.2 Å². The van der Waals surface area contributed by atoms with Gasteiger partial charge in [-0.2, -0.15) is 0 Å². The van der Waals surface area contributed by atoms with Crippen molar-refractivity contribution in [3.05, 3.63) is 32.8 Å². The van der Waals surface area contributed by atoms with Gasteiger partial charge in [-0.3, -0.25) is 10.1 Å². The molecule has 5 nitrogen and oxygen atoms in total. The van der Waals surface area contributed by atoms with Gasteiger partial charge in [0.2, 0.25) is 0 Å². The summed E-state index contributed by atoms with van der Waals surface area (Å²) in [5.74, 6) is 0. The van der Waals surface area contributed by atoms with Crippen LogP contribution in [0.4, 0.5) is 5.69 Å². The molecule has 82 valence electrons.